The molecule has 3 heterocycles. The first-order valence-corrected chi connectivity index (χ1v) is 22.9. The van der Waals surface area contributed by atoms with Gasteiger partial charge in [-0.2, -0.15) is 0 Å². The van der Waals surface area contributed by atoms with Gasteiger partial charge in [-0.15, -0.1) is 0 Å². The Morgan fingerprint density at radius 2 is 1.14 bits per heavy atom. The molecule has 0 saturated carbocycles. The van der Waals surface area contributed by atoms with E-state index in [1.54, 1.807) is 105 Å². The molecular formula is C44H56O14Si. The Hall–Kier alpha value is -4.03. The van der Waals surface area contributed by atoms with Crippen molar-refractivity contribution in [1.29, 1.82) is 0 Å². The largest absolute Gasteiger partial charge is 0.459 e. The maximum absolute atomic E-state index is 13.8. The average Bonchev–Trinajstić information content (AvgIpc) is 3.56. The molecule has 3 aromatic rings. The van der Waals surface area contributed by atoms with Crippen LogP contribution in [0, 0.1) is 5.92 Å². The summed E-state index contributed by atoms with van der Waals surface area (Å²) in [5.41, 5.74) is 0.792. The van der Waals surface area contributed by atoms with Crippen LogP contribution in [0.25, 0.3) is 0 Å². The number of ether oxygens (including phenoxy) is 8. The highest BCUT2D eigenvalue weighted by Gasteiger charge is 2.59. The maximum atomic E-state index is 13.8. The lowest BCUT2D eigenvalue weighted by Gasteiger charge is -2.50. The predicted octanol–water partition coefficient (Wildman–Crippen LogP) is 5.66. The van der Waals surface area contributed by atoms with Crippen molar-refractivity contribution < 1.29 is 66.9 Å². The van der Waals surface area contributed by atoms with E-state index >= 15 is 0 Å². The Bertz CT molecular complexity index is 1870. The number of aliphatic hydroxyl groups is 2. The van der Waals surface area contributed by atoms with Gasteiger partial charge in [0.05, 0.1) is 16.7 Å². The number of fused-ring (bicyclic) bond motifs is 1. The molecule has 3 aliphatic heterocycles. The number of benzene rings is 3. The summed E-state index contributed by atoms with van der Waals surface area (Å²) >= 11 is 0. The number of rotatable bonds is 14. The third-order valence-corrected chi connectivity index (χ3v) is 16.3. The molecule has 3 saturated heterocycles. The van der Waals surface area contributed by atoms with Gasteiger partial charge in [0.25, 0.3) is 0 Å². The van der Waals surface area contributed by atoms with Gasteiger partial charge >= 0.3 is 17.9 Å². The smallest absolute Gasteiger partial charge is 0.338 e. The summed E-state index contributed by atoms with van der Waals surface area (Å²) in [6, 6.07) is 25.0. The zero-order chi connectivity index (χ0) is 42.7. The van der Waals surface area contributed by atoms with Crippen molar-refractivity contribution in [3.05, 3.63) is 108 Å². The van der Waals surface area contributed by atoms with Crippen LogP contribution in [0.1, 0.15) is 72.6 Å². The molecule has 0 aromatic heterocycles. The van der Waals surface area contributed by atoms with Crippen LogP contribution in [0.5, 0.6) is 0 Å². The minimum Gasteiger partial charge on any atom is -0.459 e. The first-order chi connectivity index (χ1) is 27.9. The molecule has 0 radical (unpaired) electrons. The fraction of sp³-hybridized carbons (Fsp3) is 0.523. The molecule has 0 unspecified atom stereocenters. The lowest BCUT2D eigenvalue weighted by Crippen LogP contribution is -2.66. The number of carbonyl (C=O) groups is 3. The minimum absolute atomic E-state index is 0.191. The number of esters is 3. The summed E-state index contributed by atoms with van der Waals surface area (Å²) in [6.07, 6.45) is -13.2. The van der Waals surface area contributed by atoms with Crippen LogP contribution in [0.15, 0.2) is 91.0 Å². The summed E-state index contributed by atoms with van der Waals surface area (Å²) in [4.78, 5) is 40.1. The van der Waals surface area contributed by atoms with Gasteiger partial charge in [-0.25, -0.2) is 14.4 Å². The molecule has 3 fully saturated rings. The normalized spacial score (nSPS) is 29.3. The summed E-state index contributed by atoms with van der Waals surface area (Å²) in [7, 11) is -2.75. The van der Waals surface area contributed by atoms with Crippen molar-refractivity contribution in [3.63, 3.8) is 0 Å². The summed E-state index contributed by atoms with van der Waals surface area (Å²) in [5.74, 6) is -3.03. The van der Waals surface area contributed by atoms with E-state index in [4.69, 9.17) is 42.3 Å². The molecule has 59 heavy (non-hydrogen) atoms. The van der Waals surface area contributed by atoms with Gasteiger partial charge in [0.1, 0.15) is 55.9 Å². The molecule has 6 rings (SSSR count). The maximum Gasteiger partial charge on any atom is 0.338 e. The third kappa shape index (κ3) is 10.1. The Balaban J connectivity index is 1.34. The van der Waals surface area contributed by atoms with Gasteiger partial charge in [0.2, 0.25) is 0 Å². The van der Waals surface area contributed by atoms with E-state index < -0.39 is 100 Å². The van der Waals surface area contributed by atoms with E-state index in [9.17, 15) is 24.6 Å². The fourth-order valence-electron chi connectivity index (χ4n) is 7.21. The van der Waals surface area contributed by atoms with Gasteiger partial charge in [-0.05, 0) is 74.3 Å². The van der Waals surface area contributed by atoms with Gasteiger partial charge < -0.3 is 52.5 Å². The number of hydrogen-bond donors (Lipinski definition) is 2. The van der Waals surface area contributed by atoms with Crippen LogP contribution in [0.2, 0.25) is 18.1 Å². The molecular weight excluding hydrogens is 781 g/mol. The molecule has 0 aliphatic carbocycles. The lowest BCUT2D eigenvalue weighted by atomic mass is 9.96. The van der Waals surface area contributed by atoms with E-state index in [1.807, 2.05) is 13.1 Å². The molecule has 320 valence electrons. The first kappa shape index (κ1) is 44.5. The van der Waals surface area contributed by atoms with Crippen molar-refractivity contribution in [3.8, 4) is 0 Å². The van der Waals surface area contributed by atoms with Gasteiger partial charge in [0.15, 0.2) is 32.8 Å². The average molecular weight is 837 g/mol. The van der Waals surface area contributed by atoms with Gasteiger partial charge in [0, 0.05) is 0 Å². The molecule has 3 aliphatic rings. The van der Waals surface area contributed by atoms with Crippen LogP contribution >= 0.6 is 0 Å². The molecule has 15 heteroatoms. The van der Waals surface area contributed by atoms with Crippen LogP contribution in [-0.2, 0) is 42.3 Å². The molecule has 10 atom stereocenters. The predicted molar refractivity (Wildman–Crippen MR) is 215 cm³/mol. The van der Waals surface area contributed by atoms with Gasteiger partial charge in [-0.1, -0.05) is 82.3 Å². The van der Waals surface area contributed by atoms with E-state index in [1.165, 1.54) is 0 Å². The van der Waals surface area contributed by atoms with Crippen molar-refractivity contribution in [1.82, 2.24) is 0 Å². The third-order valence-electron chi connectivity index (χ3n) is 11.8. The molecule has 3 aromatic carbocycles. The fourth-order valence-corrected chi connectivity index (χ4v) is 9.68. The molecule has 0 bridgehead atoms. The van der Waals surface area contributed by atoms with Crippen molar-refractivity contribution in [2.24, 2.45) is 5.92 Å². The SMILES string of the molecule is CC(C)C(C)(C)[Si](C)(C)O[C@@H]1O[C@H](COC(=O)c2ccccc2)[C@@H](O[C@@H]2O[C@H](COC(=O)c3ccccc3)[C@@H]3OC(C)(C)O[C@@H]3[C@H]2O)[C@H](OC(=O)c2ccccc2)[C@H]1O. The summed E-state index contributed by atoms with van der Waals surface area (Å²) < 4.78 is 55.9. The molecule has 2 N–H and O–H groups in total. The highest BCUT2D eigenvalue weighted by atomic mass is 28.4. The van der Waals surface area contributed by atoms with E-state index in [0.717, 1.165) is 0 Å². The van der Waals surface area contributed by atoms with Crippen LogP contribution in [0.4, 0.5) is 0 Å². The van der Waals surface area contributed by atoms with Crippen molar-refractivity contribution >= 4 is 26.2 Å². The Morgan fingerprint density at radius 3 is 1.64 bits per heavy atom. The highest BCUT2D eigenvalue weighted by Crippen LogP contribution is 2.46. The summed E-state index contributed by atoms with van der Waals surface area (Å²) in [6.45, 7) is 15.0. The Morgan fingerprint density at radius 1 is 0.678 bits per heavy atom. The van der Waals surface area contributed by atoms with Crippen molar-refractivity contribution in [2.45, 2.75) is 127 Å². The Kier molecular flexibility index (Phi) is 13.8. The zero-order valence-electron chi connectivity index (χ0n) is 34.7. The number of hydrogen-bond acceptors (Lipinski definition) is 14. The summed E-state index contributed by atoms with van der Waals surface area (Å²) in [5, 5.41) is 23.6. The van der Waals surface area contributed by atoms with Crippen LogP contribution < -0.4 is 0 Å². The minimum atomic E-state index is -2.75. The molecule has 14 nitrogen and oxygen atoms in total. The van der Waals surface area contributed by atoms with Gasteiger partial charge in [-0.3, -0.25) is 0 Å². The monoisotopic (exact) mass is 836 g/mol. The van der Waals surface area contributed by atoms with Crippen molar-refractivity contribution in [2.75, 3.05) is 13.2 Å². The molecule has 0 amide bonds. The van der Waals surface area contributed by atoms with E-state index in [-0.39, 0.29) is 28.7 Å². The standard InChI is InChI=1S/C44H56O14Si/c1-26(2)43(3,4)59(7,8)58-42-32(45)36(54-40(49)29-22-16-11-17-23-29)34(30(53-42)24-50-38(47)27-18-12-9-13-19-27)55-41-33(46)37-35(56-44(5,6)57-37)31(52-41)25-51-39(48)28-20-14-10-15-21-28/h9-23,26,30-37,41-42,45-46H,24-25H2,1-8H3/t30-,31-,32-,33-,34-,35+,36-,37-,41+,42+/m1/s1. The lowest BCUT2D eigenvalue weighted by molar-refractivity contribution is -0.345. The first-order valence-electron chi connectivity index (χ1n) is 19.9. The van der Waals surface area contributed by atoms with E-state index in [0.29, 0.717) is 5.56 Å². The van der Waals surface area contributed by atoms with E-state index in [2.05, 4.69) is 27.7 Å². The second-order valence-corrected chi connectivity index (χ2v) is 21.4. The number of carbonyl (C=O) groups excluding carboxylic acids is 3. The second kappa shape index (κ2) is 18.3. The topological polar surface area (TPSA) is 175 Å². The number of aliphatic hydroxyl groups excluding tert-OH is 2. The van der Waals surface area contributed by atoms with Crippen LogP contribution in [0.3, 0.4) is 0 Å². The Labute approximate surface area is 346 Å². The quantitative estimate of drug-likeness (QED) is 0.116. The van der Waals surface area contributed by atoms with Crippen LogP contribution in [-0.4, -0.2) is 117 Å². The zero-order valence-corrected chi connectivity index (χ0v) is 35.7. The second-order valence-electron chi connectivity index (χ2n) is 16.9. The molecule has 0 spiro atoms. The highest BCUT2D eigenvalue weighted by molar-refractivity contribution is 6.74.